The number of nitrogens with one attached hydrogen (secondary N) is 3. The van der Waals surface area contributed by atoms with Crippen molar-refractivity contribution in [2.24, 2.45) is 0 Å². The van der Waals surface area contributed by atoms with Crippen molar-refractivity contribution in [3.8, 4) is 22.5 Å². The molecule has 0 aliphatic rings. The molecule has 6 rings (SSSR count). The molecule has 14 nitrogen and oxygen atoms in total. The fourth-order valence-corrected chi connectivity index (χ4v) is 7.21. The molecule has 0 aliphatic heterocycles. The summed E-state index contributed by atoms with van der Waals surface area (Å²) in [5, 5.41) is 25.7. The van der Waals surface area contributed by atoms with Crippen molar-refractivity contribution in [2.75, 3.05) is 20.9 Å². The summed E-state index contributed by atoms with van der Waals surface area (Å²) in [5.41, 5.74) is 3.98. The van der Waals surface area contributed by atoms with Gasteiger partial charge in [-0.3, -0.25) is 5.10 Å². The number of hydrogen-bond acceptors (Lipinski definition) is 9. The van der Waals surface area contributed by atoms with Crippen LogP contribution in [0.4, 0.5) is 11.9 Å². The Morgan fingerprint density at radius 1 is 0.733 bits per heavy atom. The molecule has 0 fully saturated rings. The number of fused-ring (bicyclic) bond motifs is 2. The van der Waals surface area contributed by atoms with Crippen molar-refractivity contribution < 1.29 is 16.8 Å². The summed E-state index contributed by atoms with van der Waals surface area (Å²) in [7, 11) is -7.33. The molecule has 0 spiro atoms. The number of sulfonamides is 2. The first-order valence-corrected chi connectivity index (χ1v) is 17.9. The molecule has 6 aromatic rings. The van der Waals surface area contributed by atoms with Gasteiger partial charge in [0.05, 0.1) is 16.7 Å². The lowest BCUT2D eigenvalue weighted by Crippen LogP contribution is -2.18. The van der Waals surface area contributed by atoms with Gasteiger partial charge in [0.1, 0.15) is 11.4 Å². The lowest BCUT2D eigenvalue weighted by Gasteiger charge is -2.04. The third-order valence-corrected chi connectivity index (χ3v) is 9.78. The van der Waals surface area contributed by atoms with E-state index < -0.39 is 20.0 Å². The van der Waals surface area contributed by atoms with E-state index in [0.717, 1.165) is 24.0 Å². The van der Waals surface area contributed by atoms with Crippen LogP contribution in [0.1, 0.15) is 45.1 Å². The van der Waals surface area contributed by atoms with Crippen molar-refractivity contribution in [2.45, 2.75) is 39.5 Å². The highest BCUT2D eigenvalue weighted by Gasteiger charge is 2.23. The zero-order chi connectivity index (χ0) is 31.6. The van der Waals surface area contributed by atoms with Crippen LogP contribution < -0.4 is 14.7 Å². The van der Waals surface area contributed by atoms with Gasteiger partial charge in [-0.15, -0.1) is 15.3 Å². The van der Waals surface area contributed by atoms with Gasteiger partial charge in [-0.05, 0) is 18.9 Å². The van der Waals surface area contributed by atoms with E-state index >= 15 is 0 Å². The quantitative estimate of drug-likeness (QED) is 0.169. The van der Waals surface area contributed by atoms with Crippen molar-refractivity contribution in [1.82, 2.24) is 39.6 Å². The number of unbranched alkanes of at least 4 members (excludes halogenated alkanes) is 2. The van der Waals surface area contributed by atoms with Crippen LogP contribution in [0.15, 0.2) is 60.7 Å². The second-order valence-electron chi connectivity index (χ2n) is 10.5. The van der Waals surface area contributed by atoms with Crippen LogP contribution in [-0.4, -0.2) is 68.0 Å². The molecule has 4 aromatic heterocycles. The Kier molecular flexibility index (Phi) is 8.24. The van der Waals surface area contributed by atoms with E-state index in [9.17, 15) is 16.8 Å². The van der Waals surface area contributed by atoms with Crippen LogP contribution in [0.5, 0.6) is 0 Å². The van der Waals surface area contributed by atoms with Gasteiger partial charge in [-0.2, -0.15) is 19.2 Å². The first kappa shape index (κ1) is 30.2. The fraction of sp³-hybridized carbons (Fsp3) is 0.276. The number of anilines is 2. The van der Waals surface area contributed by atoms with Crippen LogP contribution >= 0.6 is 0 Å². The molecule has 0 amide bonds. The Hall–Kier alpha value is -4.83. The summed E-state index contributed by atoms with van der Waals surface area (Å²) in [4.78, 5) is 0. The highest BCUT2D eigenvalue weighted by atomic mass is 32.2. The van der Waals surface area contributed by atoms with Gasteiger partial charge in [-0.1, -0.05) is 87.4 Å². The van der Waals surface area contributed by atoms with Crippen molar-refractivity contribution in [3.63, 3.8) is 0 Å². The summed E-state index contributed by atoms with van der Waals surface area (Å²) in [5.74, 6) is -0.0912. The van der Waals surface area contributed by atoms with Crippen LogP contribution in [0.3, 0.4) is 0 Å². The summed E-state index contributed by atoms with van der Waals surface area (Å²) >= 11 is 0. The Balaban J connectivity index is 1.57. The maximum Gasteiger partial charge on any atom is 0.259 e. The minimum atomic E-state index is -3.67. The Morgan fingerprint density at radius 2 is 1.29 bits per heavy atom. The molecule has 4 heterocycles. The number of aromatic nitrogens is 8. The molecule has 16 heteroatoms. The SMILES string of the molecule is CCCCS(=O)(=O)Nc1n[nH]c2c(/C=c3/c(-c4ccccc4)nn4c(NS(=O)(=O)CCCC)nnc34)c(-c3ccccc3)nn12. The highest BCUT2D eigenvalue weighted by Crippen LogP contribution is 2.28. The maximum atomic E-state index is 12.7. The van der Waals surface area contributed by atoms with Gasteiger partial charge >= 0.3 is 0 Å². The molecule has 3 N–H and O–H groups in total. The molecule has 234 valence electrons. The summed E-state index contributed by atoms with van der Waals surface area (Å²) < 4.78 is 58.8. The van der Waals surface area contributed by atoms with E-state index in [1.807, 2.05) is 80.6 Å². The summed E-state index contributed by atoms with van der Waals surface area (Å²) in [6.45, 7) is 3.84. The molecule has 0 unspecified atom stereocenters. The van der Waals surface area contributed by atoms with Gasteiger partial charge < -0.3 is 0 Å². The van der Waals surface area contributed by atoms with Gasteiger partial charge in [0.2, 0.25) is 20.0 Å². The first-order chi connectivity index (χ1) is 21.7. The van der Waals surface area contributed by atoms with Crippen molar-refractivity contribution >= 4 is 49.3 Å². The minimum absolute atomic E-state index is 0.0216. The van der Waals surface area contributed by atoms with Crippen molar-refractivity contribution in [1.29, 1.82) is 0 Å². The molecule has 0 saturated heterocycles. The topological polar surface area (TPSA) is 181 Å². The van der Waals surface area contributed by atoms with Gasteiger partial charge in [0.15, 0.2) is 11.3 Å². The number of nitrogens with zero attached hydrogens (tertiary/aromatic N) is 7. The Morgan fingerprint density at radius 3 is 1.89 bits per heavy atom. The highest BCUT2D eigenvalue weighted by molar-refractivity contribution is 7.92. The van der Waals surface area contributed by atoms with E-state index in [0.29, 0.717) is 46.3 Å². The normalized spacial score (nSPS) is 12.8. The van der Waals surface area contributed by atoms with Gasteiger partial charge in [-0.25, -0.2) is 26.3 Å². The molecule has 0 bridgehead atoms. The van der Waals surface area contributed by atoms with Crippen LogP contribution in [0, 0.1) is 0 Å². The van der Waals surface area contributed by atoms with Crippen LogP contribution in [-0.2, 0) is 20.0 Å². The van der Waals surface area contributed by atoms with E-state index in [1.54, 1.807) is 0 Å². The number of H-pyrrole nitrogens is 1. The molecule has 0 radical (unpaired) electrons. The lowest BCUT2D eigenvalue weighted by atomic mass is 10.1. The molecular weight excluding hydrogens is 617 g/mol. The monoisotopic (exact) mass is 648 g/mol. The third kappa shape index (κ3) is 6.23. The smallest absolute Gasteiger partial charge is 0.257 e. The second-order valence-corrected chi connectivity index (χ2v) is 14.2. The molecule has 0 saturated carbocycles. The van der Waals surface area contributed by atoms with E-state index in [-0.39, 0.29) is 23.4 Å². The molecular formula is C29H32N10O4S2. The zero-order valence-electron chi connectivity index (χ0n) is 24.7. The molecule has 2 aromatic carbocycles. The number of rotatable bonds is 13. The largest absolute Gasteiger partial charge is 0.259 e. The third-order valence-electron chi connectivity index (χ3n) is 7.14. The average Bonchev–Trinajstić information content (AvgIpc) is 3.79. The van der Waals surface area contributed by atoms with Crippen LogP contribution in [0.2, 0.25) is 0 Å². The van der Waals surface area contributed by atoms with E-state index in [2.05, 4.69) is 29.8 Å². The minimum Gasteiger partial charge on any atom is -0.257 e. The van der Waals surface area contributed by atoms with E-state index in [1.165, 1.54) is 9.03 Å². The van der Waals surface area contributed by atoms with Gasteiger partial charge in [0.25, 0.3) is 11.9 Å². The fourth-order valence-electron chi connectivity index (χ4n) is 4.86. The second kappa shape index (κ2) is 12.3. The number of hydrogen-bond donors (Lipinski definition) is 3. The van der Waals surface area contributed by atoms with Crippen molar-refractivity contribution in [3.05, 3.63) is 71.4 Å². The Labute approximate surface area is 259 Å². The number of aromatic amines is 1. The summed E-state index contributed by atoms with van der Waals surface area (Å²) in [6, 6.07) is 18.9. The van der Waals surface area contributed by atoms with Gasteiger partial charge in [0, 0.05) is 16.7 Å². The zero-order valence-corrected chi connectivity index (χ0v) is 26.3. The average molecular weight is 649 g/mol. The maximum absolute atomic E-state index is 12.7. The van der Waals surface area contributed by atoms with Crippen LogP contribution in [0.25, 0.3) is 39.9 Å². The standard InChI is InChI=1S/C29H32N10O4S2/c1-3-5-17-44(40,41)36-28-32-30-26-22(24(34-38(26)28)20-13-9-7-10-14-20)19-23-25(21-15-11-8-12-16-21)35-39-27(23)31-33-29(39)37-45(42,43)18-6-4-2/h7-16,19,30H,3-6,17-18H2,1-2H3,(H,32,36)(H,33,37)/b23-19-. The van der Waals surface area contributed by atoms with E-state index in [4.69, 9.17) is 10.2 Å². The molecule has 0 aliphatic carbocycles. The summed E-state index contributed by atoms with van der Waals surface area (Å²) in [6.07, 6.45) is 4.29. The predicted molar refractivity (Wildman–Crippen MR) is 172 cm³/mol. The predicted octanol–water partition coefficient (Wildman–Crippen LogP) is 3.46. The molecule has 0 atom stereocenters. The molecule has 45 heavy (non-hydrogen) atoms. The first-order valence-electron chi connectivity index (χ1n) is 14.6. The lowest BCUT2D eigenvalue weighted by molar-refractivity contribution is 0.595. The Bertz CT molecular complexity index is 2230. The number of benzene rings is 2.